The number of methoxy groups -OCH3 is 1. The lowest BCUT2D eigenvalue weighted by Gasteiger charge is -2.35. The van der Waals surface area contributed by atoms with E-state index in [1.165, 1.54) is 27.6 Å². The van der Waals surface area contributed by atoms with Crippen LogP contribution in [0.1, 0.15) is 83.8 Å². The molecule has 3 fully saturated rings. The summed E-state index contributed by atoms with van der Waals surface area (Å²) in [6.07, 6.45) is 3.43. The Balaban J connectivity index is 1.22. The third-order valence-electron chi connectivity index (χ3n) is 11.5. The molecule has 3 amide bonds. The molecule has 0 bridgehead atoms. The summed E-state index contributed by atoms with van der Waals surface area (Å²) >= 11 is 2.75. The maximum atomic E-state index is 14.9. The van der Waals surface area contributed by atoms with E-state index in [1.807, 2.05) is 64.4 Å². The van der Waals surface area contributed by atoms with Crippen molar-refractivity contribution >= 4 is 64.0 Å². The van der Waals surface area contributed by atoms with E-state index < -0.39 is 60.1 Å². The predicted octanol–water partition coefficient (Wildman–Crippen LogP) is 7.87. The lowest BCUT2D eigenvalue weighted by Crippen LogP contribution is -2.58. The molecule has 3 aliphatic rings. The van der Waals surface area contributed by atoms with Crippen molar-refractivity contribution < 1.29 is 38.1 Å². The molecule has 61 heavy (non-hydrogen) atoms. The van der Waals surface area contributed by atoms with Crippen molar-refractivity contribution in [2.45, 2.75) is 122 Å². The number of ether oxygens (including phenoxy) is 3. The number of aromatic nitrogens is 3. The first kappa shape index (κ1) is 44.5. The number of likely N-dealkylation sites (tertiary alicyclic amines) is 1. The molecular formula is C43H56N7O8PS2. The molecule has 4 N–H and O–H groups in total. The molecule has 7 rings (SSSR count). The van der Waals surface area contributed by atoms with Gasteiger partial charge < -0.3 is 40.0 Å². The van der Waals surface area contributed by atoms with Gasteiger partial charge in [-0.3, -0.25) is 14.2 Å². The molecule has 18 heteroatoms. The summed E-state index contributed by atoms with van der Waals surface area (Å²) in [4.78, 5) is 70.1. The van der Waals surface area contributed by atoms with Crippen molar-refractivity contribution in [2.75, 3.05) is 19.0 Å². The number of amides is 3. The largest absolute Gasteiger partial charge is 0.497 e. The van der Waals surface area contributed by atoms with Crippen LogP contribution in [-0.2, 0) is 25.1 Å². The average Bonchev–Trinajstić information content (AvgIpc) is 3.76. The third kappa shape index (κ3) is 9.74. The number of nitrogens with zero attached hydrogens (tertiary/aromatic N) is 4. The van der Waals surface area contributed by atoms with E-state index >= 15 is 0 Å². The van der Waals surface area contributed by atoms with Crippen molar-refractivity contribution in [2.24, 2.45) is 11.3 Å². The van der Waals surface area contributed by atoms with Crippen LogP contribution in [0.2, 0.25) is 0 Å². The van der Waals surface area contributed by atoms with Crippen LogP contribution in [-0.4, -0.2) is 91.9 Å². The van der Waals surface area contributed by atoms with E-state index in [0.29, 0.717) is 38.8 Å². The van der Waals surface area contributed by atoms with Gasteiger partial charge in [-0.15, -0.1) is 29.3 Å². The Hall–Kier alpha value is -4.57. The van der Waals surface area contributed by atoms with E-state index in [4.69, 9.17) is 24.2 Å². The Morgan fingerprint density at radius 3 is 2.48 bits per heavy atom. The number of pyridine rings is 1. The molecule has 1 aromatic carbocycles. The number of hydrogen-bond donors (Lipinski definition) is 4. The van der Waals surface area contributed by atoms with E-state index in [9.17, 15) is 23.8 Å². The zero-order chi connectivity index (χ0) is 43.9. The van der Waals surface area contributed by atoms with Crippen LogP contribution in [0, 0.1) is 18.3 Å². The first-order chi connectivity index (χ1) is 28.9. The first-order valence-corrected chi connectivity index (χ1v) is 24.3. The van der Waals surface area contributed by atoms with Crippen molar-refractivity contribution in [1.29, 1.82) is 0 Å². The van der Waals surface area contributed by atoms with Crippen LogP contribution in [0.3, 0.4) is 0 Å². The van der Waals surface area contributed by atoms with Crippen LogP contribution in [0.15, 0.2) is 47.7 Å². The minimum absolute atomic E-state index is 0.0234. The molecule has 4 aromatic rings. The Kier molecular flexibility index (Phi) is 12.9. The van der Waals surface area contributed by atoms with Gasteiger partial charge in [0.15, 0.2) is 5.13 Å². The smallest absolute Gasteiger partial charge is 0.408 e. The summed E-state index contributed by atoms with van der Waals surface area (Å²) in [5.74, 6) is -0.520. The number of hydrogen-bond acceptors (Lipinski definition) is 13. The molecule has 3 aromatic heterocycles. The maximum Gasteiger partial charge on any atom is 0.408 e. The molecule has 0 spiro atoms. The second kappa shape index (κ2) is 17.7. The average molecular weight is 894 g/mol. The molecule has 2 aliphatic carbocycles. The summed E-state index contributed by atoms with van der Waals surface area (Å²) in [5.41, 5.74) is 1.73. The first-order valence-electron chi connectivity index (χ1n) is 20.7. The monoisotopic (exact) mass is 893 g/mol. The van der Waals surface area contributed by atoms with E-state index in [1.54, 1.807) is 25.3 Å². The molecule has 6 atom stereocenters. The Morgan fingerprint density at radius 1 is 1.08 bits per heavy atom. The SMILES string of the molecule is C=C[C@@H]1C[C@]1(NC(=O)[C@@H]1C[C@@H](Oc2cc(-c3csc(NC(C)C)n3)nc3cc(OC)ccc23)CN1C(=O)[C@@H](NC(=O)OC1CCCC1)C(C)(C)C)P(=O)(O)Cc1nc(C)cs1. The fraction of sp³-hybridized carbons (Fsp3) is 0.535. The number of anilines is 1. The zero-order valence-corrected chi connectivity index (χ0v) is 38.3. The van der Waals surface area contributed by atoms with Gasteiger partial charge in [-0.2, -0.15) is 0 Å². The molecule has 1 saturated heterocycles. The minimum Gasteiger partial charge on any atom is -0.497 e. The zero-order valence-electron chi connectivity index (χ0n) is 35.7. The predicted molar refractivity (Wildman–Crippen MR) is 237 cm³/mol. The number of carbonyl (C=O) groups excluding carboxylic acids is 3. The summed E-state index contributed by atoms with van der Waals surface area (Å²) in [6, 6.07) is 5.23. The number of nitrogens with one attached hydrogen (secondary N) is 3. The molecular weight excluding hydrogens is 838 g/mol. The highest BCUT2D eigenvalue weighted by molar-refractivity contribution is 7.59. The summed E-state index contributed by atoms with van der Waals surface area (Å²) in [7, 11) is -2.54. The Bertz CT molecular complexity index is 2340. The third-order valence-corrected chi connectivity index (χ3v) is 16.1. The lowest BCUT2D eigenvalue weighted by molar-refractivity contribution is -0.142. The maximum absolute atomic E-state index is 14.9. The van der Waals surface area contributed by atoms with E-state index in [-0.39, 0.29) is 37.7 Å². The van der Waals surface area contributed by atoms with Crippen molar-refractivity contribution in [3.8, 4) is 22.9 Å². The van der Waals surface area contributed by atoms with Crippen molar-refractivity contribution in [1.82, 2.24) is 30.5 Å². The summed E-state index contributed by atoms with van der Waals surface area (Å²) in [6.45, 7) is 15.2. The molecule has 1 unspecified atom stereocenters. The van der Waals surface area contributed by atoms with Crippen molar-refractivity contribution in [3.63, 3.8) is 0 Å². The van der Waals surface area contributed by atoms with Crippen LogP contribution < -0.4 is 25.4 Å². The Labute approximate surface area is 364 Å². The summed E-state index contributed by atoms with van der Waals surface area (Å²) < 4.78 is 32.3. The minimum atomic E-state index is -4.12. The van der Waals surface area contributed by atoms with Gasteiger partial charge in [0.1, 0.15) is 51.8 Å². The van der Waals surface area contributed by atoms with E-state index in [0.717, 1.165) is 36.5 Å². The topological polar surface area (TPSA) is 194 Å². The number of thiazole rings is 2. The molecule has 2 saturated carbocycles. The van der Waals surface area contributed by atoms with Gasteiger partial charge in [0.2, 0.25) is 19.2 Å². The standard InChI is InChI=1S/C43H56N7O8PS2/c1-9-26-19-43(26,59(54,55)21-36-45-25(4)22-60-36)49-38(51)34-17-29(20-50(34)39(52)37(42(5,6)7)48-41(53)58-27-12-10-11-13-27)57-35-18-32(33-23-61-40(47-33)44-24(2)3)46-31-16-28(56-8)14-15-30(31)35/h9,14-16,18,22-24,26-27,29,34,37H,1,10-13,17,19-21H2,2-8H3,(H,44,47)(H,48,53)(H,49,51)(H,54,55)/t26-,29-,34+,37-,43+/m1/s1. The number of rotatable bonds is 15. The van der Waals surface area contributed by atoms with Gasteiger partial charge in [0.25, 0.3) is 0 Å². The fourth-order valence-electron chi connectivity index (χ4n) is 8.20. The highest BCUT2D eigenvalue weighted by Gasteiger charge is 2.66. The van der Waals surface area contributed by atoms with Gasteiger partial charge in [0.05, 0.1) is 31.0 Å². The molecule has 0 radical (unpaired) electrons. The van der Waals surface area contributed by atoms with Crippen LogP contribution in [0.25, 0.3) is 22.3 Å². The quantitative estimate of drug-likeness (QED) is 0.0668. The highest BCUT2D eigenvalue weighted by atomic mass is 32.1. The molecule has 328 valence electrons. The van der Waals surface area contributed by atoms with Crippen LogP contribution in [0.5, 0.6) is 11.5 Å². The fourth-order valence-corrected chi connectivity index (χ4v) is 12.5. The second-order valence-corrected chi connectivity index (χ2v) is 22.0. The van der Waals surface area contributed by atoms with Gasteiger partial charge in [-0.1, -0.05) is 26.8 Å². The highest BCUT2D eigenvalue weighted by Crippen LogP contribution is 2.71. The normalized spacial score (nSPS) is 23.0. The summed E-state index contributed by atoms with van der Waals surface area (Å²) in [5, 5.41) is 13.3. The molecule has 4 heterocycles. The van der Waals surface area contributed by atoms with Gasteiger partial charge >= 0.3 is 6.09 Å². The second-order valence-electron chi connectivity index (χ2n) is 17.7. The number of aryl methyl sites for hydroxylation is 1. The van der Waals surface area contributed by atoms with Gasteiger partial charge in [0, 0.05) is 52.4 Å². The number of alkyl carbamates (subject to hydrolysis) is 1. The number of fused-ring (bicyclic) bond motifs is 1. The van der Waals surface area contributed by atoms with Gasteiger partial charge in [-0.05, 0) is 70.4 Å². The van der Waals surface area contributed by atoms with Gasteiger partial charge in [-0.25, -0.2) is 19.7 Å². The lowest BCUT2D eigenvalue weighted by atomic mass is 9.85. The number of benzene rings is 1. The van der Waals surface area contributed by atoms with Crippen LogP contribution >= 0.6 is 30.0 Å². The van der Waals surface area contributed by atoms with E-state index in [2.05, 4.69) is 27.5 Å². The Morgan fingerprint density at radius 2 is 1.84 bits per heavy atom. The van der Waals surface area contributed by atoms with Crippen LogP contribution in [0.4, 0.5) is 9.93 Å². The molecule has 1 aliphatic heterocycles. The van der Waals surface area contributed by atoms with Crippen molar-refractivity contribution in [3.05, 3.63) is 58.4 Å². The number of carbonyl (C=O) groups is 3. The molecule has 15 nitrogen and oxygen atoms in total.